The van der Waals surface area contributed by atoms with Gasteiger partial charge < -0.3 is 9.84 Å². The van der Waals surface area contributed by atoms with E-state index in [1.165, 1.54) is 12.8 Å². The SMILES string of the molecule is CC1(C2CCOC2)CC1CO. The van der Waals surface area contributed by atoms with Crippen LogP contribution in [0.2, 0.25) is 0 Å². The molecule has 0 aromatic carbocycles. The van der Waals surface area contributed by atoms with Crippen molar-refractivity contribution in [3.05, 3.63) is 0 Å². The molecule has 0 amide bonds. The van der Waals surface area contributed by atoms with Crippen LogP contribution in [0.15, 0.2) is 0 Å². The molecule has 0 spiro atoms. The topological polar surface area (TPSA) is 29.5 Å². The second-order valence-electron chi connectivity index (χ2n) is 4.15. The number of aliphatic hydroxyl groups is 1. The highest BCUT2D eigenvalue weighted by atomic mass is 16.5. The van der Waals surface area contributed by atoms with Gasteiger partial charge in [0.2, 0.25) is 0 Å². The minimum absolute atomic E-state index is 0.368. The maximum Gasteiger partial charge on any atom is 0.0500 e. The highest BCUT2D eigenvalue weighted by Gasteiger charge is 2.55. The predicted molar refractivity (Wildman–Crippen MR) is 42.2 cm³/mol. The van der Waals surface area contributed by atoms with Gasteiger partial charge in [0.25, 0.3) is 0 Å². The van der Waals surface area contributed by atoms with Crippen molar-refractivity contribution >= 4 is 0 Å². The molecule has 1 saturated carbocycles. The Morgan fingerprint density at radius 3 is 2.91 bits per heavy atom. The molecule has 11 heavy (non-hydrogen) atoms. The molecule has 64 valence electrons. The zero-order valence-corrected chi connectivity index (χ0v) is 7.05. The Kier molecular flexibility index (Phi) is 1.69. The highest BCUT2D eigenvalue weighted by molar-refractivity contribution is 5.03. The molecule has 0 aromatic heterocycles. The van der Waals surface area contributed by atoms with Crippen molar-refractivity contribution < 1.29 is 9.84 Å². The third kappa shape index (κ3) is 1.09. The molecule has 3 unspecified atom stereocenters. The quantitative estimate of drug-likeness (QED) is 0.647. The standard InChI is InChI=1S/C9H16O2/c1-9(4-8(9)5-10)7-2-3-11-6-7/h7-8,10H,2-6H2,1H3. The van der Waals surface area contributed by atoms with Crippen molar-refractivity contribution in [3.63, 3.8) is 0 Å². The van der Waals surface area contributed by atoms with Crippen LogP contribution in [0.3, 0.4) is 0 Å². The Labute approximate surface area is 67.6 Å². The van der Waals surface area contributed by atoms with E-state index in [4.69, 9.17) is 9.84 Å². The van der Waals surface area contributed by atoms with Crippen LogP contribution in [0, 0.1) is 17.3 Å². The molecule has 2 heteroatoms. The normalized spacial score (nSPS) is 49.6. The summed E-state index contributed by atoms with van der Waals surface area (Å²) in [6.07, 6.45) is 2.41. The fraction of sp³-hybridized carbons (Fsp3) is 1.00. The van der Waals surface area contributed by atoms with Crippen molar-refractivity contribution in [3.8, 4) is 0 Å². The highest BCUT2D eigenvalue weighted by Crippen LogP contribution is 2.59. The zero-order valence-electron chi connectivity index (χ0n) is 7.05. The summed E-state index contributed by atoms with van der Waals surface area (Å²) in [5.74, 6) is 1.29. The van der Waals surface area contributed by atoms with Gasteiger partial charge in [-0.25, -0.2) is 0 Å². The fourth-order valence-corrected chi connectivity index (χ4v) is 2.30. The van der Waals surface area contributed by atoms with Crippen LogP contribution < -0.4 is 0 Å². The molecule has 0 aromatic rings. The van der Waals surface area contributed by atoms with E-state index in [2.05, 4.69) is 6.92 Å². The Balaban J connectivity index is 1.94. The van der Waals surface area contributed by atoms with Gasteiger partial charge in [-0.05, 0) is 30.1 Å². The summed E-state index contributed by atoms with van der Waals surface area (Å²) < 4.78 is 5.33. The molecule has 2 rings (SSSR count). The lowest BCUT2D eigenvalue weighted by atomic mass is 9.88. The zero-order chi connectivity index (χ0) is 7.90. The van der Waals surface area contributed by atoms with Crippen LogP contribution in [0.1, 0.15) is 19.8 Å². The summed E-state index contributed by atoms with van der Waals surface area (Å²) in [5.41, 5.74) is 0.422. The average Bonchev–Trinajstić information content (AvgIpc) is 2.55. The summed E-state index contributed by atoms with van der Waals surface area (Å²) >= 11 is 0. The molecule has 1 heterocycles. The first-order valence-corrected chi connectivity index (χ1v) is 4.46. The van der Waals surface area contributed by atoms with E-state index in [9.17, 15) is 0 Å². The van der Waals surface area contributed by atoms with Crippen molar-refractivity contribution in [2.45, 2.75) is 19.8 Å². The maximum atomic E-state index is 8.96. The van der Waals surface area contributed by atoms with Gasteiger partial charge in [0.1, 0.15) is 0 Å². The van der Waals surface area contributed by atoms with Crippen molar-refractivity contribution in [1.29, 1.82) is 0 Å². The van der Waals surface area contributed by atoms with E-state index >= 15 is 0 Å². The van der Waals surface area contributed by atoms with Crippen LogP contribution in [0.5, 0.6) is 0 Å². The Morgan fingerprint density at radius 1 is 1.64 bits per heavy atom. The smallest absolute Gasteiger partial charge is 0.0500 e. The molecule has 1 N–H and O–H groups in total. The van der Waals surface area contributed by atoms with Gasteiger partial charge in [-0.3, -0.25) is 0 Å². The number of rotatable bonds is 2. The van der Waals surface area contributed by atoms with Crippen LogP contribution in [0.4, 0.5) is 0 Å². The first-order valence-electron chi connectivity index (χ1n) is 4.46. The molecule has 2 aliphatic rings. The van der Waals surface area contributed by atoms with Gasteiger partial charge in [-0.15, -0.1) is 0 Å². The minimum atomic E-state index is 0.368. The second-order valence-corrected chi connectivity index (χ2v) is 4.15. The molecule has 3 atom stereocenters. The minimum Gasteiger partial charge on any atom is -0.396 e. The van der Waals surface area contributed by atoms with Gasteiger partial charge in [-0.2, -0.15) is 0 Å². The molecule has 0 radical (unpaired) electrons. The summed E-state index contributed by atoms with van der Waals surface area (Å²) in [4.78, 5) is 0. The maximum absolute atomic E-state index is 8.96. The van der Waals surface area contributed by atoms with Crippen molar-refractivity contribution in [2.75, 3.05) is 19.8 Å². The number of hydrogen-bond acceptors (Lipinski definition) is 2. The number of hydrogen-bond donors (Lipinski definition) is 1. The molecule has 1 saturated heterocycles. The van der Waals surface area contributed by atoms with Crippen molar-refractivity contribution in [1.82, 2.24) is 0 Å². The molecular formula is C9H16O2. The summed E-state index contributed by atoms with van der Waals surface area (Å²) in [6.45, 7) is 4.51. The van der Waals surface area contributed by atoms with E-state index in [1.807, 2.05) is 0 Å². The van der Waals surface area contributed by atoms with Gasteiger partial charge >= 0.3 is 0 Å². The van der Waals surface area contributed by atoms with Crippen LogP contribution >= 0.6 is 0 Å². The van der Waals surface area contributed by atoms with Crippen molar-refractivity contribution in [2.24, 2.45) is 17.3 Å². The van der Waals surface area contributed by atoms with Gasteiger partial charge in [0.05, 0.1) is 0 Å². The third-order valence-electron chi connectivity index (χ3n) is 3.54. The van der Waals surface area contributed by atoms with E-state index in [0.29, 0.717) is 17.9 Å². The van der Waals surface area contributed by atoms with Gasteiger partial charge in [-0.1, -0.05) is 6.92 Å². The molecular weight excluding hydrogens is 140 g/mol. The van der Waals surface area contributed by atoms with Crippen LogP contribution in [0.25, 0.3) is 0 Å². The molecule has 1 aliphatic heterocycles. The molecule has 2 fully saturated rings. The molecule has 0 bridgehead atoms. The lowest BCUT2D eigenvalue weighted by molar-refractivity contribution is 0.159. The number of aliphatic hydroxyl groups excluding tert-OH is 1. The van der Waals surface area contributed by atoms with Crippen LogP contribution in [-0.4, -0.2) is 24.9 Å². The Morgan fingerprint density at radius 2 is 2.45 bits per heavy atom. The average molecular weight is 156 g/mol. The number of ether oxygens (including phenoxy) is 1. The van der Waals surface area contributed by atoms with E-state index in [0.717, 1.165) is 19.1 Å². The van der Waals surface area contributed by atoms with Gasteiger partial charge in [0, 0.05) is 19.8 Å². The van der Waals surface area contributed by atoms with E-state index < -0.39 is 0 Å². The summed E-state index contributed by atoms with van der Waals surface area (Å²) in [7, 11) is 0. The van der Waals surface area contributed by atoms with Crippen LogP contribution in [-0.2, 0) is 4.74 Å². The lowest BCUT2D eigenvalue weighted by Gasteiger charge is -2.16. The fourth-order valence-electron chi connectivity index (χ4n) is 2.30. The Hall–Kier alpha value is -0.0800. The summed E-state index contributed by atoms with van der Waals surface area (Å²) in [6, 6.07) is 0. The summed E-state index contributed by atoms with van der Waals surface area (Å²) in [5, 5.41) is 8.96. The Bertz CT molecular complexity index is 152. The van der Waals surface area contributed by atoms with E-state index in [-0.39, 0.29) is 0 Å². The molecule has 2 nitrogen and oxygen atoms in total. The largest absolute Gasteiger partial charge is 0.396 e. The van der Waals surface area contributed by atoms with Gasteiger partial charge in [0.15, 0.2) is 0 Å². The second kappa shape index (κ2) is 2.46. The predicted octanol–water partition coefficient (Wildman–Crippen LogP) is 1.04. The van der Waals surface area contributed by atoms with E-state index in [1.54, 1.807) is 0 Å². The first-order chi connectivity index (χ1) is 5.27. The lowest BCUT2D eigenvalue weighted by Crippen LogP contribution is -2.15. The first kappa shape index (κ1) is 7.56. The molecule has 1 aliphatic carbocycles. The monoisotopic (exact) mass is 156 g/mol. The third-order valence-corrected chi connectivity index (χ3v) is 3.54.